The summed E-state index contributed by atoms with van der Waals surface area (Å²) in [5.74, 6) is -3.56. The summed E-state index contributed by atoms with van der Waals surface area (Å²) in [6.07, 6.45) is 0.132. The summed E-state index contributed by atoms with van der Waals surface area (Å²) in [6, 6.07) is 10.6. The predicted molar refractivity (Wildman–Crippen MR) is 92.0 cm³/mol. The smallest absolute Gasteiger partial charge is 0.268 e. The van der Waals surface area contributed by atoms with Gasteiger partial charge in [0.15, 0.2) is 5.82 Å². The van der Waals surface area contributed by atoms with Crippen LogP contribution in [0, 0.1) is 5.82 Å². The number of halogens is 3. The van der Waals surface area contributed by atoms with Crippen LogP contribution in [0.15, 0.2) is 47.5 Å². The molecule has 4 rings (SSSR count). The molecule has 0 bridgehead atoms. The van der Waals surface area contributed by atoms with E-state index in [4.69, 9.17) is 0 Å². The number of nitrogens with zero attached hydrogens (tertiary/aromatic N) is 4. The number of benzene rings is 2. The van der Waals surface area contributed by atoms with Crippen LogP contribution in [0.3, 0.4) is 0 Å². The molecule has 7 heteroatoms. The van der Waals surface area contributed by atoms with Gasteiger partial charge >= 0.3 is 0 Å². The molecule has 2 heterocycles. The van der Waals surface area contributed by atoms with Crippen molar-refractivity contribution in [1.29, 1.82) is 0 Å². The van der Waals surface area contributed by atoms with Gasteiger partial charge in [0.05, 0.1) is 5.52 Å². The number of hydrogen-bond acceptors (Lipinski definition) is 4. The molecule has 0 aliphatic carbocycles. The molecule has 0 saturated carbocycles. The summed E-state index contributed by atoms with van der Waals surface area (Å²) < 4.78 is 43.9. The SMILES string of the molecule is CCC1(C)N=C(c2nnc3c(F)cccc3n2)c2ccccc2C1(F)F. The van der Waals surface area contributed by atoms with Gasteiger partial charge in [0, 0.05) is 11.1 Å². The number of hydrogen-bond donors (Lipinski definition) is 0. The lowest BCUT2D eigenvalue weighted by Crippen LogP contribution is -2.46. The molecule has 0 radical (unpaired) electrons. The van der Waals surface area contributed by atoms with Gasteiger partial charge in [-0.1, -0.05) is 37.3 Å². The highest BCUT2D eigenvalue weighted by Crippen LogP contribution is 2.48. The van der Waals surface area contributed by atoms with Crippen molar-refractivity contribution in [3.8, 4) is 0 Å². The third-order valence-electron chi connectivity index (χ3n) is 4.89. The van der Waals surface area contributed by atoms with Crippen molar-refractivity contribution in [2.45, 2.75) is 31.7 Å². The Bertz CT molecular complexity index is 1050. The molecule has 0 spiro atoms. The van der Waals surface area contributed by atoms with Gasteiger partial charge in [-0.25, -0.2) is 9.37 Å². The quantitative estimate of drug-likeness (QED) is 0.689. The first-order valence-corrected chi connectivity index (χ1v) is 8.24. The lowest BCUT2D eigenvalue weighted by atomic mass is 9.80. The molecule has 1 aliphatic heterocycles. The summed E-state index contributed by atoms with van der Waals surface area (Å²) in [7, 11) is 0. The topological polar surface area (TPSA) is 51.0 Å². The van der Waals surface area contributed by atoms with Crippen LogP contribution in [0.4, 0.5) is 13.2 Å². The van der Waals surface area contributed by atoms with Gasteiger partial charge in [-0.15, -0.1) is 10.2 Å². The number of fused-ring (bicyclic) bond motifs is 2. The zero-order chi connectivity index (χ0) is 18.5. The van der Waals surface area contributed by atoms with Crippen molar-refractivity contribution in [2.24, 2.45) is 4.99 Å². The molecule has 1 atom stereocenters. The fraction of sp³-hybridized carbons (Fsp3) is 0.263. The van der Waals surface area contributed by atoms with Crippen molar-refractivity contribution in [2.75, 3.05) is 0 Å². The largest absolute Gasteiger partial charge is 0.298 e. The van der Waals surface area contributed by atoms with E-state index >= 15 is 8.78 Å². The van der Waals surface area contributed by atoms with E-state index in [0.29, 0.717) is 5.52 Å². The third-order valence-corrected chi connectivity index (χ3v) is 4.89. The highest BCUT2D eigenvalue weighted by molar-refractivity contribution is 6.13. The molecule has 1 aromatic heterocycles. The van der Waals surface area contributed by atoms with Gasteiger partial charge in [-0.05, 0) is 25.5 Å². The number of rotatable bonds is 2. The highest BCUT2D eigenvalue weighted by atomic mass is 19.3. The van der Waals surface area contributed by atoms with Crippen LogP contribution in [0.1, 0.15) is 37.2 Å². The Morgan fingerprint density at radius 1 is 1.00 bits per heavy atom. The van der Waals surface area contributed by atoms with Crippen LogP contribution in [0.5, 0.6) is 0 Å². The van der Waals surface area contributed by atoms with Crippen LogP contribution in [0.2, 0.25) is 0 Å². The highest BCUT2D eigenvalue weighted by Gasteiger charge is 2.54. The van der Waals surface area contributed by atoms with Gasteiger partial charge < -0.3 is 0 Å². The zero-order valence-electron chi connectivity index (χ0n) is 14.2. The Kier molecular flexibility index (Phi) is 3.57. The Labute approximate surface area is 147 Å². The van der Waals surface area contributed by atoms with Crippen molar-refractivity contribution in [3.63, 3.8) is 0 Å². The first kappa shape index (κ1) is 16.6. The Balaban J connectivity index is 1.98. The fourth-order valence-electron chi connectivity index (χ4n) is 3.13. The molecular formula is C19H15F3N4. The van der Waals surface area contributed by atoms with Crippen molar-refractivity contribution in [3.05, 3.63) is 65.2 Å². The Morgan fingerprint density at radius 3 is 2.54 bits per heavy atom. The second-order valence-corrected chi connectivity index (χ2v) is 6.45. The zero-order valence-corrected chi connectivity index (χ0v) is 14.2. The maximum atomic E-state index is 15.0. The lowest BCUT2D eigenvalue weighted by Gasteiger charge is -2.38. The molecule has 26 heavy (non-hydrogen) atoms. The summed E-state index contributed by atoms with van der Waals surface area (Å²) in [6.45, 7) is 3.08. The van der Waals surface area contributed by atoms with Crippen molar-refractivity contribution < 1.29 is 13.2 Å². The molecule has 0 amide bonds. The van der Waals surface area contributed by atoms with E-state index in [1.807, 2.05) is 0 Å². The second-order valence-electron chi connectivity index (χ2n) is 6.45. The van der Waals surface area contributed by atoms with Crippen LogP contribution in [-0.2, 0) is 5.92 Å². The molecular weight excluding hydrogens is 341 g/mol. The van der Waals surface area contributed by atoms with Gasteiger partial charge in [-0.2, -0.15) is 8.78 Å². The summed E-state index contributed by atoms with van der Waals surface area (Å²) in [5, 5.41) is 7.84. The molecule has 132 valence electrons. The van der Waals surface area contributed by atoms with Crippen LogP contribution < -0.4 is 0 Å². The van der Waals surface area contributed by atoms with E-state index in [1.165, 1.54) is 25.1 Å². The van der Waals surface area contributed by atoms with Crippen molar-refractivity contribution in [1.82, 2.24) is 15.2 Å². The number of alkyl halides is 2. The van der Waals surface area contributed by atoms with Crippen molar-refractivity contribution >= 4 is 16.7 Å². The molecule has 1 unspecified atom stereocenters. The van der Waals surface area contributed by atoms with E-state index in [-0.39, 0.29) is 34.6 Å². The van der Waals surface area contributed by atoms with Gasteiger partial charge in [-0.3, -0.25) is 4.99 Å². The minimum absolute atomic E-state index is 0.0320. The summed E-state index contributed by atoms with van der Waals surface area (Å²) in [4.78, 5) is 8.65. The van der Waals surface area contributed by atoms with E-state index in [2.05, 4.69) is 20.2 Å². The predicted octanol–water partition coefficient (Wildman–Crippen LogP) is 4.28. The van der Waals surface area contributed by atoms with E-state index < -0.39 is 17.3 Å². The van der Waals surface area contributed by atoms with Crippen LogP contribution in [0.25, 0.3) is 11.0 Å². The minimum atomic E-state index is -3.13. The van der Waals surface area contributed by atoms with E-state index in [0.717, 1.165) is 0 Å². The maximum Gasteiger partial charge on any atom is 0.298 e. The first-order chi connectivity index (χ1) is 12.4. The maximum absolute atomic E-state index is 15.0. The van der Waals surface area contributed by atoms with Gasteiger partial charge in [0.25, 0.3) is 5.92 Å². The van der Waals surface area contributed by atoms with E-state index in [1.54, 1.807) is 31.2 Å². The number of aromatic nitrogens is 3. The monoisotopic (exact) mass is 356 g/mol. The van der Waals surface area contributed by atoms with E-state index in [9.17, 15) is 4.39 Å². The second kappa shape index (κ2) is 5.59. The fourth-order valence-corrected chi connectivity index (χ4v) is 3.13. The average Bonchev–Trinajstić information content (AvgIpc) is 2.65. The molecule has 0 saturated heterocycles. The van der Waals surface area contributed by atoms with Gasteiger partial charge in [0.2, 0.25) is 5.82 Å². The summed E-state index contributed by atoms with van der Waals surface area (Å²) in [5.41, 5.74) is -0.903. The Morgan fingerprint density at radius 2 is 1.77 bits per heavy atom. The molecule has 1 aliphatic rings. The van der Waals surface area contributed by atoms with Crippen LogP contribution in [-0.4, -0.2) is 26.4 Å². The molecule has 0 fully saturated rings. The minimum Gasteiger partial charge on any atom is -0.268 e. The summed E-state index contributed by atoms with van der Waals surface area (Å²) >= 11 is 0. The average molecular weight is 356 g/mol. The number of aliphatic imine (C=N–C) groups is 1. The lowest BCUT2D eigenvalue weighted by molar-refractivity contribution is -0.0769. The van der Waals surface area contributed by atoms with Crippen LogP contribution >= 0.6 is 0 Å². The molecule has 3 aromatic rings. The normalized spacial score (nSPS) is 21.3. The first-order valence-electron chi connectivity index (χ1n) is 8.24. The Hall–Kier alpha value is -2.83. The standard InChI is InChI=1S/C19H15F3N4/c1-3-18(2)19(21,22)12-8-5-4-7-11(12)15(24-18)17-23-14-10-6-9-13(20)16(14)25-26-17/h4-10H,3H2,1-2H3. The van der Waals surface area contributed by atoms with Gasteiger partial charge in [0.1, 0.15) is 16.8 Å². The third kappa shape index (κ3) is 2.23. The molecule has 2 aromatic carbocycles. The molecule has 0 N–H and O–H groups in total. The molecule has 4 nitrogen and oxygen atoms in total.